The number of anilines is 1. The molecule has 24 heavy (non-hydrogen) atoms. The molecule has 1 aromatic heterocycles. The third-order valence-electron chi connectivity index (χ3n) is 3.87. The Hall–Kier alpha value is -2.83. The summed E-state index contributed by atoms with van der Waals surface area (Å²) in [7, 11) is 0. The molecule has 1 aromatic carbocycles. The van der Waals surface area contributed by atoms with E-state index in [2.05, 4.69) is 10.3 Å². The predicted molar refractivity (Wildman–Crippen MR) is 82.9 cm³/mol. The zero-order valence-corrected chi connectivity index (χ0v) is 12.7. The minimum atomic E-state index is -0.821. The van der Waals surface area contributed by atoms with Crippen LogP contribution < -0.4 is 10.2 Å². The first-order valence-corrected chi connectivity index (χ1v) is 7.47. The second-order valence-corrected chi connectivity index (χ2v) is 5.54. The lowest BCUT2D eigenvalue weighted by Gasteiger charge is -2.17. The van der Waals surface area contributed by atoms with Gasteiger partial charge in [-0.15, -0.1) is 0 Å². The fourth-order valence-electron chi connectivity index (χ4n) is 2.64. The Kier molecular flexibility index (Phi) is 4.50. The number of amides is 2. The number of aromatic nitrogens is 1. The Morgan fingerprint density at radius 1 is 1.29 bits per heavy atom. The molecular formula is C17H15F2N3O2. The largest absolute Gasteiger partial charge is 0.350 e. The van der Waals surface area contributed by atoms with Gasteiger partial charge in [-0.25, -0.2) is 8.78 Å². The second kappa shape index (κ2) is 6.74. The van der Waals surface area contributed by atoms with Gasteiger partial charge >= 0.3 is 0 Å². The van der Waals surface area contributed by atoms with Gasteiger partial charge in [0, 0.05) is 25.2 Å². The summed E-state index contributed by atoms with van der Waals surface area (Å²) in [5.74, 6) is -2.77. The molecule has 2 aromatic rings. The molecule has 1 N–H and O–H groups in total. The number of carbonyl (C=O) groups excluding carboxylic acids is 2. The van der Waals surface area contributed by atoms with Crippen molar-refractivity contribution in [2.75, 3.05) is 11.4 Å². The summed E-state index contributed by atoms with van der Waals surface area (Å²) < 4.78 is 26.8. The molecule has 1 atom stereocenters. The summed E-state index contributed by atoms with van der Waals surface area (Å²) >= 11 is 0. The molecule has 5 nitrogen and oxygen atoms in total. The summed E-state index contributed by atoms with van der Waals surface area (Å²) in [6.07, 6.45) is 1.62. The number of nitrogens with zero attached hydrogens (tertiary/aromatic N) is 2. The van der Waals surface area contributed by atoms with Crippen LogP contribution in [0.4, 0.5) is 14.5 Å². The Balaban J connectivity index is 1.64. The number of pyridine rings is 1. The van der Waals surface area contributed by atoms with Crippen molar-refractivity contribution >= 4 is 17.5 Å². The number of halogens is 2. The molecule has 0 radical (unpaired) electrons. The fraction of sp³-hybridized carbons (Fsp3) is 0.235. The number of nitrogens with one attached hydrogen (secondary N) is 1. The number of carbonyl (C=O) groups is 2. The molecule has 1 aliphatic rings. The highest BCUT2D eigenvalue weighted by atomic mass is 19.1. The van der Waals surface area contributed by atoms with Crippen molar-refractivity contribution in [1.82, 2.24) is 10.3 Å². The Bertz CT molecular complexity index is 768. The van der Waals surface area contributed by atoms with Crippen molar-refractivity contribution in [2.45, 2.75) is 13.0 Å². The van der Waals surface area contributed by atoms with Gasteiger partial charge in [0.15, 0.2) is 0 Å². The summed E-state index contributed by atoms with van der Waals surface area (Å²) in [4.78, 5) is 29.6. The Morgan fingerprint density at radius 3 is 2.83 bits per heavy atom. The van der Waals surface area contributed by atoms with Crippen molar-refractivity contribution in [3.8, 4) is 0 Å². The molecule has 2 amide bonds. The van der Waals surface area contributed by atoms with Crippen LogP contribution in [0, 0.1) is 17.6 Å². The third kappa shape index (κ3) is 3.40. The fourth-order valence-corrected chi connectivity index (χ4v) is 2.64. The van der Waals surface area contributed by atoms with E-state index in [4.69, 9.17) is 0 Å². The van der Waals surface area contributed by atoms with E-state index in [0.29, 0.717) is 5.69 Å². The van der Waals surface area contributed by atoms with Crippen molar-refractivity contribution in [3.63, 3.8) is 0 Å². The highest BCUT2D eigenvalue weighted by Crippen LogP contribution is 2.28. The van der Waals surface area contributed by atoms with Crippen LogP contribution in [0.1, 0.15) is 12.1 Å². The van der Waals surface area contributed by atoms with Crippen LogP contribution in [-0.4, -0.2) is 23.3 Å². The van der Waals surface area contributed by atoms with E-state index in [-0.39, 0.29) is 37.0 Å². The van der Waals surface area contributed by atoms with Crippen LogP contribution in [0.25, 0.3) is 0 Å². The molecule has 0 bridgehead atoms. The van der Waals surface area contributed by atoms with E-state index in [1.165, 1.54) is 11.0 Å². The molecule has 124 valence electrons. The van der Waals surface area contributed by atoms with Gasteiger partial charge in [0.25, 0.3) is 0 Å². The summed E-state index contributed by atoms with van der Waals surface area (Å²) in [6, 6.07) is 8.37. The minimum Gasteiger partial charge on any atom is -0.350 e. The molecule has 1 aliphatic heterocycles. The van der Waals surface area contributed by atoms with Gasteiger partial charge in [0.2, 0.25) is 11.8 Å². The molecule has 1 fully saturated rings. The van der Waals surface area contributed by atoms with Crippen molar-refractivity contribution in [1.29, 1.82) is 0 Å². The maximum atomic E-state index is 13.8. The van der Waals surface area contributed by atoms with Gasteiger partial charge in [-0.2, -0.15) is 0 Å². The van der Waals surface area contributed by atoms with E-state index in [1.54, 1.807) is 18.3 Å². The molecule has 0 saturated carbocycles. The first-order valence-electron chi connectivity index (χ1n) is 7.47. The first-order chi connectivity index (χ1) is 11.5. The highest BCUT2D eigenvalue weighted by molar-refractivity contribution is 6.00. The van der Waals surface area contributed by atoms with Gasteiger partial charge in [0.05, 0.1) is 23.8 Å². The monoisotopic (exact) mass is 331 g/mol. The van der Waals surface area contributed by atoms with Gasteiger partial charge in [-0.3, -0.25) is 14.6 Å². The zero-order valence-electron chi connectivity index (χ0n) is 12.7. The van der Waals surface area contributed by atoms with E-state index in [9.17, 15) is 18.4 Å². The second-order valence-electron chi connectivity index (χ2n) is 5.54. The molecule has 0 aliphatic carbocycles. The third-order valence-corrected chi connectivity index (χ3v) is 3.87. The van der Waals surface area contributed by atoms with Crippen molar-refractivity contribution in [2.24, 2.45) is 5.92 Å². The van der Waals surface area contributed by atoms with Crippen LogP contribution in [0.2, 0.25) is 0 Å². The normalized spacial score (nSPS) is 17.2. The standard InChI is InChI=1S/C17H15F2N3O2/c18-12-4-5-15(14(19)8-12)22-10-11(7-16(22)23)17(24)21-9-13-3-1-2-6-20-13/h1-6,8,11H,7,9-10H2,(H,21,24). The Morgan fingerprint density at radius 2 is 2.12 bits per heavy atom. The molecule has 2 heterocycles. The maximum absolute atomic E-state index is 13.8. The number of hydrogen-bond donors (Lipinski definition) is 1. The van der Waals surface area contributed by atoms with Crippen LogP contribution in [-0.2, 0) is 16.1 Å². The average Bonchev–Trinajstić information content (AvgIpc) is 2.95. The lowest BCUT2D eigenvalue weighted by Crippen LogP contribution is -2.33. The van der Waals surface area contributed by atoms with Crippen molar-refractivity contribution in [3.05, 3.63) is 59.9 Å². The topological polar surface area (TPSA) is 62.3 Å². The average molecular weight is 331 g/mol. The first kappa shape index (κ1) is 16.0. The van der Waals surface area contributed by atoms with Crippen LogP contribution in [0.15, 0.2) is 42.6 Å². The number of rotatable bonds is 4. The molecule has 7 heteroatoms. The zero-order chi connectivity index (χ0) is 17.1. The summed E-state index contributed by atoms with van der Waals surface area (Å²) in [5, 5.41) is 2.72. The van der Waals surface area contributed by atoms with E-state index in [0.717, 1.165) is 12.1 Å². The predicted octanol–water partition coefficient (Wildman–Crippen LogP) is 2.03. The molecule has 1 unspecified atom stereocenters. The van der Waals surface area contributed by atoms with Crippen LogP contribution >= 0.6 is 0 Å². The maximum Gasteiger partial charge on any atom is 0.227 e. The lowest BCUT2D eigenvalue weighted by atomic mass is 10.1. The van der Waals surface area contributed by atoms with E-state index < -0.39 is 17.6 Å². The van der Waals surface area contributed by atoms with Gasteiger partial charge < -0.3 is 10.2 Å². The molecule has 1 saturated heterocycles. The molecule has 3 rings (SSSR count). The summed E-state index contributed by atoms with van der Waals surface area (Å²) in [6.45, 7) is 0.324. The van der Waals surface area contributed by atoms with Crippen LogP contribution in [0.3, 0.4) is 0 Å². The van der Waals surface area contributed by atoms with E-state index >= 15 is 0 Å². The van der Waals surface area contributed by atoms with Gasteiger partial charge in [-0.05, 0) is 24.3 Å². The minimum absolute atomic E-state index is 0.00906. The molecule has 0 spiro atoms. The van der Waals surface area contributed by atoms with Gasteiger partial charge in [-0.1, -0.05) is 6.07 Å². The molecular weight excluding hydrogens is 316 g/mol. The number of benzene rings is 1. The Labute approximate surface area is 137 Å². The highest BCUT2D eigenvalue weighted by Gasteiger charge is 2.36. The number of hydrogen-bond acceptors (Lipinski definition) is 3. The van der Waals surface area contributed by atoms with Crippen molar-refractivity contribution < 1.29 is 18.4 Å². The van der Waals surface area contributed by atoms with Gasteiger partial charge in [0.1, 0.15) is 11.6 Å². The quantitative estimate of drug-likeness (QED) is 0.932. The lowest BCUT2D eigenvalue weighted by molar-refractivity contribution is -0.126. The van der Waals surface area contributed by atoms with Crippen LogP contribution in [0.5, 0.6) is 0 Å². The smallest absolute Gasteiger partial charge is 0.227 e. The van der Waals surface area contributed by atoms with E-state index in [1.807, 2.05) is 6.07 Å². The SMILES string of the molecule is O=C(NCc1ccccn1)C1CC(=O)N(c2ccc(F)cc2F)C1. The summed E-state index contributed by atoms with van der Waals surface area (Å²) in [5.41, 5.74) is 0.693.